The Morgan fingerprint density at radius 1 is 1.50 bits per heavy atom. The molecule has 1 rings (SSSR count). The van der Waals surface area contributed by atoms with Crippen molar-refractivity contribution in [1.29, 1.82) is 0 Å². The zero-order valence-electron chi connectivity index (χ0n) is 2.71. The summed E-state index contributed by atoms with van der Waals surface area (Å²) in [7, 11) is 0. The zero-order chi connectivity index (χ0) is 4.78. The molecule has 1 aliphatic heterocycles. The second-order valence-corrected chi connectivity index (χ2v) is 10.5. The normalized spacial score (nSPS) is 39.5. The second kappa shape index (κ2) is 1.58. The van der Waals surface area contributed by atoms with Crippen molar-refractivity contribution in [1.82, 2.24) is 0 Å². The molecule has 0 radical (unpaired) electrons. The minimum absolute atomic E-state index is 0.171. The van der Waals surface area contributed by atoms with Gasteiger partial charge in [0.15, 0.2) is 0 Å². The standard InChI is InChI=1S/C2HCl3.Sb.H/c3-1-2(4)5;;/h1H;;. The van der Waals surface area contributed by atoms with Crippen LogP contribution in [0.25, 0.3) is 0 Å². The van der Waals surface area contributed by atoms with Gasteiger partial charge in [0, 0.05) is 0 Å². The average Bonchev–Trinajstić information content (AvgIpc) is 1.73. The first-order chi connectivity index (χ1) is 2.63. The molecule has 1 saturated heterocycles. The first-order valence-corrected chi connectivity index (χ1v) is 5.69. The van der Waals surface area contributed by atoms with Crippen LogP contribution in [0.2, 0.25) is 0 Å². The number of rotatable bonds is 0. The van der Waals surface area contributed by atoms with E-state index in [0.29, 0.717) is 0 Å². The van der Waals surface area contributed by atoms with Crippen LogP contribution in [0, 0.1) is 0 Å². The third-order valence-electron chi connectivity index (χ3n) is 0.554. The molecular formula is C2H2Cl3Sb. The SMILES string of the molecule is Cl[CH]1[SbH][C]1(Cl)Cl. The van der Waals surface area contributed by atoms with Crippen LogP contribution in [0.5, 0.6) is 0 Å². The molecule has 0 aromatic rings. The van der Waals surface area contributed by atoms with Gasteiger partial charge in [0.1, 0.15) is 0 Å². The topological polar surface area (TPSA) is 0 Å². The van der Waals surface area contributed by atoms with Crippen LogP contribution >= 0.6 is 34.8 Å². The summed E-state index contributed by atoms with van der Waals surface area (Å²) in [5, 5.41) is 0. The van der Waals surface area contributed by atoms with Crippen molar-refractivity contribution in [2.75, 3.05) is 0 Å². The fraction of sp³-hybridized carbons (Fsp3) is 1.00. The Morgan fingerprint density at radius 2 is 1.67 bits per heavy atom. The summed E-state index contributed by atoms with van der Waals surface area (Å²) in [6.07, 6.45) is 0. The molecule has 4 heteroatoms. The van der Waals surface area contributed by atoms with E-state index in [1.165, 1.54) is 0 Å². The van der Waals surface area contributed by atoms with E-state index < -0.39 is 23.9 Å². The van der Waals surface area contributed by atoms with Gasteiger partial charge in [0.25, 0.3) is 0 Å². The predicted octanol–water partition coefficient (Wildman–Crippen LogP) is 1.13. The van der Waals surface area contributed by atoms with Crippen molar-refractivity contribution in [3.8, 4) is 0 Å². The van der Waals surface area contributed by atoms with Gasteiger partial charge in [-0.15, -0.1) is 0 Å². The van der Waals surface area contributed by atoms with Crippen molar-refractivity contribution >= 4 is 56.4 Å². The van der Waals surface area contributed by atoms with Gasteiger partial charge in [-0.1, -0.05) is 0 Å². The van der Waals surface area contributed by atoms with E-state index in [9.17, 15) is 0 Å². The molecule has 0 saturated carbocycles. The van der Waals surface area contributed by atoms with E-state index in [0.717, 1.165) is 0 Å². The molecule has 1 atom stereocenters. The van der Waals surface area contributed by atoms with E-state index in [4.69, 9.17) is 34.8 Å². The van der Waals surface area contributed by atoms with Crippen molar-refractivity contribution in [3.05, 3.63) is 0 Å². The fourth-order valence-electron chi connectivity index (χ4n) is 0.127. The maximum atomic E-state index is 5.50. The van der Waals surface area contributed by atoms with Crippen LogP contribution < -0.4 is 0 Å². The third-order valence-corrected chi connectivity index (χ3v) is 8.30. The molecule has 1 aliphatic rings. The van der Waals surface area contributed by atoms with Crippen LogP contribution in [0.15, 0.2) is 0 Å². The fourth-order valence-corrected chi connectivity index (χ4v) is 4.22. The quantitative estimate of drug-likeness (QED) is 0.449. The van der Waals surface area contributed by atoms with Gasteiger partial charge in [-0.2, -0.15) is 0 Å². The first-order valence-electron chi connectivity index (χ1n) is 1.42. The van der Waals surface area contributed by atoms with Gasteiger partial charge in [0.05, 0.1) is 0 Å². The molecule has 0 aliphatic carbocycles. The Hall–Kier alpha value is 1.69. The zero-order valence-corrected chi connectivity index (χ0v) is 7.83. The third kappa shape index (κ3) is 1.09. The molecule has 36 valence electrons. The number of hydrogen-bond acceptors (Lipinski definition) is 0. The average molecular weight is 254 g/mol. The van der Waals surface area contributed by atoms with Gasteiger partial charge in [-0.05, 0) is 0 Å². The van der Waals surface area contributed by atoms with Gasteiger partial charge in [0.2, 0.25) is 0 Å². The monoisotopic (exact) mass is 252 g/mol. The van der Waals surface area contributed by atoms with E-state index in [1.54, 1.807) is 0 Å². The number of alkyl halides is 3. The van der Waals surface area contributed by atoms with Crippen LogP contribution in [0.4, 0.5) is 0 Å². The van der Waals surface area contributed by atoms with E-state index in [-0.39, 0.29) is 3.32 Å². The molecule has 1 fully saturated rings. The first kappa shape index (κ1) is 5.82. The minimum atomic E-state index is -0.513. The van der Waals surface area contributed by atoms with Crippen LogP contribution in [0.3, 0.4) is 0 Å². The summed E-state index contributed by atoms with van der Waals surface area (Å²) in [5.74, 6) is 0. The summed E-state index contributed by atoms with van der Waals surface area (Å²) >= 11 is 16.0. The van der Waals surface area contributed by atoms with Gasteiger partial charge < -0.3 is 0 Å². The molecule has 0 aromatic carbocycles. The molecule has 0 amide bonds. The van der Waals surface area contributed by atoms with Crippen molar-refractivity contribution in [3.63, 3.8) is 0 Å². The van der Waals surface area contributed by atoms with Crippen molar-refractivity contribution in [2.24, 2.45) is 0 Å². The number of halogens is 3. The Morgan fingerprint density at radius 3 is 1.67 bits per heavy atom. The Kier molecular flexibility index (Phi) is 1.54. The van der Waals surface area contributed by atoms with Crippen LogP contribution in [-0.4, -0.2) is 27.2 Å². The van der Waals surface area contributed by atoms with E-state index in [1.807, 2.05) is 0 Å². The molecule has 0 N–H and O–H groups in total. The van der Waals surface area contributed by atoms with Gasteiger partial charge in [-0.25, -0.2) is 0 Å². The Labute approximate surface area is 61.7 Å². The molecule has 0 spiro atoms. The van der Waals surface area contributed by atoms with Gasteiger partial charge >= 0.3 is 62.0 Å². The molecule has 6 heavy (non-hydrogen) atoms. The summed E-state index contributed by atoms with van der Waals surface area (Å²) in [5.41, 5.74) is 0. The summed E-state index contributed by atoms with van der Waals surface area (Å²) in [6.45, 7) is 0. The van der Waals surface area contributed by atoms with Gasteiger partial charge in [-0.3, -0.25) is 0 Å². The van der Waals surface area contributed by atoms with Crippen molar-refractivity contribution < 1.29 is 0 Å². The van der Waals surface area contributed by atoms with E-state index >= 15 is 0 Å². The molecule has 0 aromatic heterocycles. The molecule has 1 unspecified atom stereocenters. The maximum absolute atomic E-state index is 5.50. The second-order valence-electron chi connectivity index (χ2n) is 1.13. The molecule has 1 heterocycles. The van der Waals surface area contributed by atoms with E-state index in [2.05, 4.69) is 0 Å². The predicted molar refractivity (Wildman–Crippen MR) is 31.2 cm³/mol. The summed E-state index contributed by atoms with van der Waals surface area (Å²) in [6, 6.07) is 0. The Bertz CT molecular complexity index is 71.2. The van der Waals surface area contributed by atoms with Crippen LogP contribution in [-0.2, 0) is 0 Å². The molecule has 0 nitrogen and oxygen atoms in total. The summed E-state index contributed by atoms with van der Waals surface area (Å²) in [4.78, 5) is 0. The molecule has 0 bridgehead atoms. The summed E-state index contributed by atoms with van der Waals surface area (Å²) < 4.78 is -0.241. The Balaban J connectivity index is 2.41. The van der Waals surface area contributed by atoms with Crippen LogP contribution in [0.1, 0.15) is 0 Å². The van der Waals surface area contributed by atoms with Crippen molar-refractivity contribution in [2.45, 2.75) is 5.60 Å². The molecular weight excluding hydrogens is 252 g/mol. The number of hydrogen-bond donors (Lipinski definition) is 0.